The molecule has 0 bridgehead atoms. The van der Waals surface area contributed by atoms with Gasteiger partial charge >= 0.3 is 0 Å². The largest absolute Gasteiger partial charge is 0.314 e. The van der Waals surface area contributed by atoms with Crippen LogP contribution in [0.2, 0.25) is 0 Å². The summed E-state index contributed by atoms with van der Waals surface area (Å²) in [5.41, 5.74) is 0. The van der Waals surface area contributed by atoms with E-state index < -0.39 is 0 Å². The minimum absolute atomic E-state index is 0.709. The number of nitriles is 1. The summed E-state index contributed by atoms with van der Waals surface area (Å²) in [6, 6.07) is 2.91. The van der Waals surface area contributed by atoms with Gasteiger partial charge in [0.15, 0.2) is 0 Å². The van der Waals surface area contributed by atoms with Gasteiger partial charge in [-0.2, -0.15) is 5.26 Å². The molecular weight excluding hydrogens is 172 g/mol. The molecule has 1 atom stereocenters. The van der Waals surface area contributed by atoms with E-state index in [1.165, 1.54) is 25.7 Å². The zero-order chi connectivity index (χ0) is 10.2. The lowest BCUT2D eigenvalue weighted by Crippen LogP contribution is -2.29. The molecule has 0 aliphatic heterocycles. The molecule has 1 rings (SSSR count). The van der Waals surface area contributed by atoms with E-state index in [-0.39, 0.29) is 0 Å². The molecule has 0 radical (unpaired) electrons. The van der Waals surface area contributed by atoms with Crippen LogP contribution in [0.1, 0.15) is 51.9 Å². The van der Waals surface area contributed by atoms with E-state index in [0.717, 1.165) is 31.3 Å². The maximum absolute atomic E-state index is 8.38. The molecule has 2 nitrogen and oxygen atoms in total. The minimum atomic E-state index is 0.709. The van der Waals surface area contributed by atoms with Gasteiger partial charge in [-0.3, -0.25) is 0 Å². The van der Waals surface area contributed by atoms with Crippen molar-refractivity contribution in [1.82, 2.24) is 5.32 Å². The average Bonchev–Trinajstić information content (AvgIpc) is 2.99. The van der Waals surface area contributed by atoms with Gasteiger partial charge in [-0.05, 0) is 38.1 Å². The van der Waals surface area contributed by atoms with E-state index in [0.29, 0.717) is 6.42 Å². The molecular formula is C12H22N2. The summed E-state index contributed by atoms with van der Waals surface area (Å²) in [6.45, 7) is 3.35. The first-order valence-corrected chi connectivity index (χ1v) is 5.97. The van der Waals surface area contributed by atoms with Gasteiger partial charge in [-0.15, -0.1) is 0 Å². The molecule has 0 aromatic rings. The van der Waals surface area contributed by atoms with Crippen molar-refractivity contribution in [1.29, 1.82) is 5.26 Å². The number of unbranched alkanes of at least 4 members (excludes halogenated alkanes) is 2. The van der Waals surface area contributed by atoms with Gasteiger partial charge < -0.3 is 5.32 Å². The van der Waals surface area contributed by atoms with Gasteiger partial charge in [0.05, 0.1) is 6.07 Å². The van der Waals surface area contributed by atoms with Crippen LogP contribution in [0.4, 0.5) is 0 Å². The van der Waals surface area contributed by atoms with E-state index in [2.05, 4.69) is 18.3 Å². The third-order valence-corrected chi connectivity index (χ3v) is 2.96. The van der Waals surface area contributed by atoms with Crippen LogP contribution in [0.5, 0.6) is 0 Å². The number of nitrogens with zero attached hydrogens (tertiary/aromatic N) is 1. The van der Waals surface area contributed by atoms with Gasteiger partial charge in [-0.25, -0.2) is 0 Å². The van der Waals surface area contributed by atoms with E-state index in [1.54, 1.807) is 0 Å². The molecule has 80 valence electrons. The molecule has 1 N–H and O–H groups in total. The van der Waals surface area contributed by atoms with Crippen molar-refractivity contribution in [2.75, 3.05) is 6.54 Å². The minimum Gasteiger partial charge on any atom is -0.314 e. The molecule has 0 spiro atoms. The SMILES string of the molecule is CCC(CC1CC1)NCCCCC#N. The highest BCUT2D eigenvalue weighted by atomic mass is 14.9. The topological polar surface area (TPSA) is 35.8 Å². The monoisotopic (exact) mass is 194 g/mol. The number of hydrogen-bond acceptors (Lipinski definition) is 2. The van der Waals surface area contributed by atoms with Crippen molar-refractivity contribution < 1.29 is 0 Å². The summed E-state index contributed by atoms with van der Waals surface area (Å²) in [7, 11) is 0. The molecule has 1 unspecified atom stereocenters. The predicted octanol–water partition coefficient (Wildman–Crippen LogP) is 2.85. The Bertz CT molecular complexity index is 179. The first-order valence-electron chi connectivity index (χ1n) is 5.97. The Morgan fingerprint density at radius 2 is 2.21 bits per heavy atom. The first kappa shape index (κ1) is 11.5. The van der Waals surface area contributed by atoms with E-state index in [9.17, 15) is 0 Å². The van der Waals surface area contributed by atoms with Crippen molar-refractivity contribution >= 4 is 0 Å². The van der Waals surface area contributed by atoms with Gasteiger partial charge in [0.1, 0.15) is 0 Å². The Morgan fingerprint density at radius 3 is 2.79 bits per heavy atom. The summed E-state index contributed by atoms with van der Waals surface area (Å²) in [6.07, 6.45) is 8.42. The second kappa shape index (κ2) is 6.84. The molecule has 0 heterocycles. The first-order chi connectivity index (χ1) is 6.86. The Kier molecular flexibility index (Phi) is 5.63. The van der Waals surface area contributed by atoms with Crippen LogP contribution >= 0.6 is 0 Å². The molecule has 1 fully saturated rings. The summed E-state index contributed by atoms with van der Waals surface area (Å²) < 4.78 is 0. The lowest BCUT2D eigenvalue weighted by atomic mass is 10.1. The van der Waals surface area contributed by atoms with Gasteiger partial charge in [0, 0.05) is 12.5 Å². The van der Waals surface area contributed by atoms with Gasteiger partial charge in [-0.1, -0.05) is 19.8 Å². The highest BCUT2D eigenvalue weighted by molar-refractivity contribution is 4.79. The number of nitrogens with one attached hydrogen (secondary N) is 1. The molecule has 0 aromatic carbocycles. The van der Waals surface area contributed by atoms with Gasteiger partial charge in [0.2, 0.25) is 0 Å². The molecule has 0 aromatic heterocycles. The lowest BCUT2D eigenvalue weighted by molar-refractivity contribution is 0.440. The summed E-state index contributed by atoms with van der Waals surface area (Å²) in [5, 5.41) is 12.0. The summed E-state index contributed by atoms with van der Waals surface area (Å²) >= 11 is 0. The van der Waals surface area contributed by atoms with Crippen molar-refractivity contribution in [2.24, 2.45) is 5.92 Å². The van der Waals surface area contributed by atoms with Crippen LogP contribution in [0.15, 0.2) is 0 Å². The third kappa shape index (κ3) is 5.24. The molecule has 14 heavy (non-hydrogen) atoms. The van der Waals surface area contributed by atoms with Crippen molar-refractivity contribution in [3.8, 4) is 6.07 Å². The second-order valence-electron chi connectivity index (χ2n) is 4.35. The Labute approximate surface area is 87.7 Å². The Balaban J connectivity index is 1.93. The van der Waals surface area contributed by atoms with Crippen molar-refractivity contribution in [3.63, 3.8) is 0 Å². The normalized spacial score (nSPS) is 17.7. The van der Waals surface area contributed by atoms with Crippen molar-refractivity contribution in [3.05, 3.63) is 0 Å². The molecule has 1 aliphatic rings. The predicted molar refractivity (Wildman–Crippen MR) is 58.9 cm³/mol. The quantitative estimate of drug-likeness (QED) is 0.603. The van der Waals surface area contributed by atoms with E-state index in [1.807, 2.05) is 0 Å². The molecule has 2 heteroatoms. The number of hydrogen-bond donors (Lipinski definition) is 1. The van der Waals surface area contributed by atoms with E-state index >= 15 is 0 Å². The molecule has 1 saturated carbocycles. The fourth-order valence-corrected chi connectivity index (χ4v) is 1.79. The Morgan fingerprint density at radius 1 is 1.43 bits per heavy atom. The second-order valence-corrected chi connectivity index (χ2v) is 4.35. The summed E-state index contributed by atoms with van der Waals surface area (Å²) in [5.74, 6) is 1.02. The maximum Gasteiger partial charge on any atom is 0.0621 e. The zero-order valence-corrected chi connectivity index (χ0v) is 9.26. The molecule has 0 amide bonds. The van der Waals surface area contributed by atoms with Crippen molar-refractivity contribution in [2.45, 2.75) is 57.9 Å². The molecule has 1 aliphatic carbocycles. The summed E-state index contributed by atoms with van der Waals surface area (Å²) in [4.78, 5) is 0. The maximum atomic E-state index is 8.38. The highest BCUT2D eigenvalue weighted by Crippen LogP contribution is 2.33. The van der Waals surface area contributed by atoms with Crippen LogP contribution in [-0.2, 0) is 0 Å². The van der Waals surface area contributed by atoms with Gasteiger partial charge in [0.25, 0.3) is 0 Å². The smallest absolute Gasteiger partial charge is 0.0621 e. The fraction of sp³-hybridized carbons (Fsp3) is 0.917. The van der Waals surface area contributed by atoms with Crippen LogP contribution < -0.4 is 5.32 Å². The molecule has 0 saturated heterocycles. The Hall–Kier alpha value is -0.550. The highest BCUT2D eigenvalue weighted by Gasteiger charge is 2.24. The zero-order valence-electron chi connectivity index (χ0n) is 9.26. The van der Waals surface area contributed by atoms with Crippen LogP contribution in [0, 0.1) is 17.2 Å². The standard InChI is InChI=1S/C12H22N2/c1-2-12(10-11-6-7-11)14-9-5-3-4-8-13/h11-12,14H,2-7,9-10H2,1H3. The fourth-order valence-electron chi connectivity index (χ4n) is 1.79. The third-order valence-electron chi connectivity index (χ3n) is 2.96. The average molecular weight is 194 g/mol. The van der Waals surface area contributed by atoms with Crippen LogP contribution in [0.3, 0.4) is 0 Å². The number of rotatable bonds is 8. The lowest BCUT2D eigenvalue weighted by Gasteiger charge is -2.16. The van der Waals surface area contributed by atoms with Crippen LogP contribution in [-0.4, -0.2) is 12.6 Å². The van der Waals surface area contributed by atoms with Crippen LogP contribution in [0.25, 0.3) is 0 Å². The van der Waals surface area contributed by atoms with E-state index in [4.69, 9.17) is 5.26 Å².